The quantitative estimate of drug-likeness (QED) is 0.895. The second-order valence-electron chi connectivity index (χ2n) is 5.40. The normalized spacial score (nSPS) is 24.1. The van der Waals surface area contributed by atoms with Crippen LogP contribution in [0.15, 0.2) is 12.3 Å². The summed E-state index contributed by atoms with van der Waals surface area (Å²) < 4.78 is 0. The molecule has 1 aromatic rings. The van der Waals surface area contributed by atoms with Crippen molar-refractivity contribution in [3.63, 3.8) is 0 Å². The predicted molar refractivity (Wildman–Crippen MR) is 77.6 cm³/mol. The first-order valence-corrected chi connectivity index (χ1v) is 7.42. The minimum Gasteiger partial charge on any atom is -0.355 e. The third-order valence-electron chi connectivity index (χ3n) is 4.10. The van der Waals surface area contributed by atoms with Crippen molar-refractivity contribution in [2.75, 3.05) is 42.9 Å². The third-order valence-corrected chi connectivity index (χ3v) is 4.10. The lowest BCUT2D eigenvalue weighted by Crippen LogP contribution is -2.37. The minimum atomic E-state index is 0.722. The van der Waals surface area contributed by atoms with E-state index >= 15 is 0 Å². The van der Waals surface area contributed by atoms with Gasteiger partial charge in [0.05, 0.1) is 0 Å². The van der Waals surface area contributed by atoms with Gasteiger partial charge in [-0.05, 0) is 38.8 Å². The van der Waals surface area contributed by atoms with Crippen LogP contribution < -0.4 is 10.2 Å². The molecule has 0 aliphatic carbocycles. The molecule has 1 unspecified atom stereocenters. The first-order valence-electron chi connectivity index (χ1n) is 7.42. The highest BCUT2D eigenvalue weighted by molar-refractivity contribution is 5.42. The van der Waals surface area contributed by atoms with Crippen LogP contribution in [0.4, 0.5) is 11.8 Å². The smallest absolute Gasteiger partial charge is 0.224 e. The lowest BCUT2D eigenvalue weighted by atomic mass is 10.2. The zero-order chi connectivity index (χ0) is 13.1. The molecule has 0 aromatic carbocycles. The van der Waals surface area contributed by atoms with Gasteiger partial charge in [0.1, 0.15) is 5.82 Å². The molecule has 3 rings (SSSR count). The van der Waals surface area contributed by atoms with Gasteiger partial charge in [0.15, 0.2) is 0 Å². The van der Waals surface area contributed by atoms with E-state index in [4.69, 9.17) is 0 Å². The monoisotopic (exact) mass is 261 g/mol. The van der Waals surface area contributed by atoms with E-state index in [0.29, 0.717) is 0 Å². The van der Waals surface area contributed by atoms with E-state index in [1.807, 2.05) is 12.3 Å². The molecule has 2 aliphatic heterocycles. The number of fused-ring (bicyclic) bond motifs is 1. The predicted octanol–water partition coefficient (Wildman–Crippen LogP) is 1.58. The molecule has 2 aliphatic rings. The summed E-state index contributed by atoms with van der Waals surface area (Å²) in [5.41, 5.74) is 0. The Morgan fingerprint density at radius 1 is 1.32 bits per heavy atom. The van der Waals surface area contributed by atoms with Crippen LogP contribution in [0.1, 0.15) is 26.2 Å². The highest BCUT2D eigenvalue weighted by atomic mass is 15.3. The fraction of sp³-hybridized carbons (Fsp3) is 0.714. The Labute approximate surface area is 115 Å². The summed E-state index contributed by atoms with van der Waals surface area (Å²) in [6.45, 7) is 7.67. The maximum atomic E-state index is 4.63. The highest BCUT2D eigenvalue weighted by Gasteiger charge is 2.29. The Bertz CT molecular complexity index is 422. The maximum absolute atomic E-state index is 4.63. The Hall–Kier alpha value is -1.36. The lowest BCUT2D eigenvalue weighted by Gasteiger charge is -2.26. The van der Waals surface area contributed by atoms with E-state index in [-0.39, 0.29) is 0 Å². The van der Waals surface area contributed by atoms with Crippen LogP contribution in [0, 0.1) is 0 Å². The Morgan fingerprint density at radius 2 is 2.21 bits per heavy atom. The molecule has 0 saturated carbocycles. The summed E-state index contributed by atoms with van der Waals surface area (Å²) in [6, 6.07) is 2.76. The summed E-state index contributed by atoms with van der Waals surface area (Å²) in [6.07, 6.45) is 5.78. The Morgan fingerprint density at radius 3 is 3.11 bits per heavy atom. The van der Waals surface area contributed by atoms with Crippen molar-refractivity contribution < 1.29 is 0 Å². The average Bonchev–Trinajstić information content (AvgIpc) is 2.77. The first-order chi connectivity index (χ1) is 9.36. The van der Waals surface area contributed by atoms with Gasteiger partial charge in [-0.3, -0.25) is 4.90 Å². The molecule has 5 nitrogen and oxygen atoms in total. The molecule has 0 amide bonds. The lowest BCUT2D eigenvalue weighted by molar-refractivity contribution is 0.273. The van der Waals surface area contributed by atoms with Crippen LogP contribution in [-0.2, 0) is 0 Å². The largest absolute Gasteiger partial charge is 0.355 e. The van der Waals surface area contributed by atoms with Crippen LogP contribution in [0.2, 0.25) is 0 Å². The fourth-order valence-corrected chi connectivity index (χ4v) is 3.18. The molecule has 0 radical (unpaired) electrons. The number of nitrogens with one attached hydrogen (secondary N) is 1. The van der Waals surface area contributed by atoms with Crippen LogP contribution >= 0.6 is 0 Å². The second kappa shape index (κ2) is 5.74. The number of hydrogen-bond acceptors (Lipinski definition) is 5. The first kappa shape index (κ1) is 12.7. The maximum Gasteiger partial charge on any atom is 0.224 e. The molecular weight excluding hydrogens is 238 g/mol. The second-order valence-corrected chi connectivity index (χ2v) is 5.40. The zero-order valence-electron chi connectivity index (χ0n) is 11.7. The molecule has 2 fully saturated rings. The van der Waals surface area contributed by atoms with E-state index < -0.39 is 0 Å². The SMILES string of the molecule is CCNc1nccc(N2CCCN3CCCC3C2)n1. The van der Waals surface area contributed by atoms with Crippen molar-refractivity contribution >= 4 is 11.8 Å². The van der Waals surface area contributed by atoms with Crippen molar-refractivity contribution in [3.05, 3.63) is 12.3 Å². The molecule has 2 saturated heterocycles. The molecule has 0 bridgehead atoms. The van der Waals surface area contributed by atoms with Crippen LogP contribution in [0.25, 0.3) is 0 Å². The van der Waals surface area contributed by atoms with Gasteiger partial charge in [-0.25, -0.2) is 4.98 Å². The van der Waals surface area contributed by atoms with Gasteiger partial charge in [-0.15, -0.1) is 0 Å². The number of aromatic nitrogens is 2. The fourth-order valence-electron chi connectivity index (χ4n) is 3.18. The van der Waals surface area contributed by atoms with Gasteiger partial charge in [0.2, 0.25) is 5.95 Å². The number of nitrogens with zero attached hydrogens (tertiary/aromatic N) is 4. The van der Waals surface area contributed by atoms with E-state index in [2.05, 4.69) is 32.0 Å². The van der Waals surface area contributed by atoms with Gasteiger partial charge < -0.3 is 10.2 Å². The van der Waals surface area contributed by atoms with Crippen molar-refractivity contribution in [1.82, 2.24) is 14.9 Å². The summed E-state index contributed by atoms with van der Waals surface area (Å²) >= 11 is 0. The van der Waals surface area contributed by atoms with E-state index in [9.17, 15) is 0 Å². The Kier molecular flexibility index (Phi) is 3.82. The molecule has 104 valence electrons. The molecule has 0 spiro atoms. The minimum absolute atomic E-state index is 0.722. The van der Waals surface area contributed by atoms with Gasteiger partial charge in [0.25, 0.3) is 0 Å². The topological polar surface area (TPSA) is 44.3 Å². The van der Waals surface area contributed by atoms with E-state index in [1.165, 1.54) is 32.4 Å². The van der Waals surface area contributed by atoms with Crippen LogP contribution in [-0.4, -0.2) is 53.6 Å². The molecule has 19 heavy (non-hydrogen) atoms. The summed E-state index contributed by atoms with van der Waals surface area (Å²) in [7, 11) is 0. The highest BCUT2D eigenvalue weighted by Crippen LogP contribution is 2.24. The van der Waals surface area contributed by atoms with Crippen LogP contribution in [0.5, 0.6) is 0 Å². The van der Waals surface area contributed by atoms with E-state index in [1.54, 1.807) is 0 Å². The summed E-state index contributed by atoms with van der Waals surface area (Å²) in [5.74, 6) is 1.81. The number of rotatable bonds is 3. The number of hydrogen-bond donors (Lipinski definition) is 1. The standard InChI is InChI=1S/C14H23N5/c1-2-15-14-16-7-6-13(17-14)19-10-4-9-18-8-3-5-12(18)11-19/h6-7,12H,2-5,8-11H2,1H3,(H,15,16,17). The van der Waals surface area contributed by atoms with Crippen molar-refractivity contribution in [2.45, 2.75) is 32.2 Å². The molecule has 1 aromatic heterocycles. The van der Waals surface area contributed by atoms with Crippen molar-refractivity contribution in [3.8, 4) is 0 Å². The van der Waals surface area contributed by atoms with Crippen molar-refractivity contribution in [1.29, 1.82) is 0 Å². The molecular formula is C14H23N5. The van der Waals surface area contributed by atoms with Gasteiger partial charge in [-0.1, -0.05) is 0 Å². The Balaban J connectivity index is 1.75. The van der Waals surface area contributed by atoms with Crippen LogP contribution in [0.3, 0.4) is 0 Å². The van der Waals surface area contributed by atoms with Gasteiger partial charge in [0, 0.05) is 38.4 Å². The average molecular weight is 261 g/mol. The van der Waals surface area contributed by atoms with E-state index in [0.717, 1.165) is 37.4 Å². The molecule has 1 atom stereocenters. The molecule has 1 N–H and O–H groups in total. The van der Waals surface area contributed by atoms with Gasteiger partial charge in [-0.2, -0.15) is 4.98 Å². The number of anilines is 2. The van der Waals surface area contributed by atoms with Crippen molar-refractivity contribution in [2.24, 2.45) is 0 Å². The third kappa shape index (κ3) is 2.81. The summed E-state index contributed by atoms with van der Waals surface area (Å²) in [5, 5.41) is 3.19. The van der Waals surface area contributed by atoms with Gasteiger partial charge >= 0.3 is 0 Å². The molecule has 3 heterocycles. The zero-order valence-corrected chi connectivity index (χ0v) is 11.7. The summed E-state index contributed by atoms with van der Waals surface area (Å²) in [4.78, 5) is 14.0. The molecule has 5 heteroatoms.